The van der Waals surface area contributed by atoms with Crippen LogP contribution in [0.25, 0.3) is 5.69 Å². The summed E-state index contributed by atoms with van der Waals surface area (Å²) in [6, 6.07) is 6.82. The van der Waals surface area contributed by atoms with Gasteiger partial charge in [-0.1, -0.05) is 23.2 Å². The number of benzene rings is 1. The van der Waals surface area contributed by atoms with Crippen LogP contribution in [0.5, 0.6) is 0 Å². The maximum Gasteiger partial charge on any atom is 0.292 e. The number of hydrogen-bond acceptors (Lipinski definition) is 5. The van der Waals surface area contributed by atoms with Crippen molar-refractivity contribution in [3.63, 3.8) is 0 Å². The molecule has 0 aliphatic carbocycles. The summed E-state index contributed by atoms with van der Waals surface area (Å²) < 4.78 is 7.04. The monoisotopic (exact) mass is 382 g/mol. The van der Waals surface area contributed by atoms with Crippen molar-refractivity contribution in [3.05, 3.63) is 50.9 Å². The van der Waals surface area contributed by atoms with E-state index in [1.54, 1.807) is 30.5 Å². The van der Waals surface area contributed by atoms with Gasteiger partial charge in [-0.25, -0.2) is 0 Å². The van der Waals surface area contributed by atoms with Gasteiger partial charge in [0.25, 0.3) is 5.56 Å². The highest BCUT2D eigenvalue weighted by Crippen LogP contribution is 2.20. The Morgan fingerprint density at radius 3 is 2.72 bits per heavy atom. The van der Waals surface area contributed by atoms with Gasteiger partial charge in [0, 0.05) is 18.1 Å². The molecule has 1 aromatic carbocycles. The lowest BCUT2D eigenvalue weighted by Gasteiger charge is -2.34. The zero-order valence-corrected chi connectivity index (χ0v) is 15.6. The van der Waals surface area contributed by atoms with Crippen molar-refractivity contribution in [1.29, 1.82) is 0 Å². The molecule has 25 heavy (non-hydrogen) atoms. The van der Waals surface area contributed by atoms with Crippen molar-refractivity contribution in [2.24, 2.45) is 0 Å². The molecule has 134 valence electrons. The smallest absolute Gasteiger partial charge is 0.292 e. The van der Waals surface area contributed by atoms with Crippen molar-refractivity contribution >= 4 is 28.9 Å². The SMILES string of the molecule is CC(Nc1cnn(-c2ccc(Cl)cc2)c(=O)c1Cl)C1CN(C)CCO1. The number of rotatable bonds is 4. The number of nitrogens with one attached hydrogen (secondary N) is 1. The minimum atomic E-state index is -0.386. The molecule has 1 aliphatic rings. The van der Waals surface area contributed by atoms with Gasteiger partial charge in [0.05, 0.1) is 36.3 Å². The van der Waals surface area contributed by atoms with Gasteiger partial charge in [0.2, 0.25) is 0 Å². The van der Waals surface area contributed by atoms with Gasteiger partial charge in [-0.3, -0.25) is 4.79 Å². The number of ether oxygens (including phenoxy) is 1. The highest BCUT2D eigenvalue weighted by Gasteiger charge is 2.24. The minimum Gasteiger partial charge on any atom is -0.377 e. The molecule has 2 aromatic rings. The van der Waals surface area contributed by atoms with Crippen LogP contribution in [0.15, 0.2) is 35.3 Å². The van der Waals surface area contributed by atoms with Crippen LogP contribution in [0.4, 0.5) is 5.69 Å². The first kappa shape index (κ1) is 18.2. The third-order valence-electron chi connectivity index (χ3n) is 4.23. The van der Waals surface area contributed by atoms with E-state index in [0.29, 0.717) is 23.0 Å². The lowest BCUT2D eigenvalue weighted by atomic mass is 10.1. The highest BCUT2D eigenvalue weighted by molar-refractivity contribution is 6.33. The van der Waals surface area contributed by atoms with Crippen LogP contribution in [0.2, 0.25) is 10.0 Å². The zero-order valence-electron chi connectivity index (χ0n) is 14.1. The van der Waals surface area contributed by atoms with E-state index >= 15 is 0 Å². The Hall–Kier alpha value is -1.60. The molecular formula is C17H20Cl2N4O2. The first-order valence-corrected chi connectivity index (χ1v) is 8.82. The van der Waals surface area contributed by atoms with Crippen LogP contribution in [-0.4, -0.2) is 53.6 Å². The summed E-state index contributed by atoms with van der Waals surface area (Å²) in [7, 11) is 2.06. The normalized spacial score (nSPS) is 19.6. The number of halogens is 2. The molecule has 0 saturated carbocycles. The van der Waals surface area contributed by atoms with Gasteiger partial charge in [0.15, 0.2) is 0 Å². The Bertz CT molecular complexity index is 794. The van der Waals surface area contributed by atoms with E-state index in [2.05, 4.69) is 22.4 Å². The lowest BCUT2D eigenvalue weighted by molar-refractivity contribution is -0.0259. The topological polar surface area (TPSA) is 59.4 Å². The Balaban J connectivity index is 1.80. The number of anilines is 1. The largest absolute Gasteiger partial charge is 0.377 e. The molecule has 2 atom stereocenters. The van der Waals surface area contributed by atoms with Crippen molar-refractivity contribution in [2.75, 3.05) is 32.1 Å². The molecule has 1 fully saturated rings. The fourth-order valence-corrected chi connectivity index (χ4v) is 3.06. The van der Waals surface area contributed by atoms with Gasteiger partial charge < -0.3 is 15.0 Å². The molecule has 0 radical (unpaired) electrons. The van der Waals surface area contributed by atoms with Crippen LogP contribution < -0.4 is 10.9 Å². The molecule has 0 amide bonds. The van der Waals surface area contributed by atoms with E-state index in [4.69, 9.17) is 27.9 Å². The van der Waals surface area contributed by atoms with Gasteiger partial charge in [-0.05, 0) is 38.2 Å². The Morgan fingerprint density at radius 2 is 2.04 bits per heavy atom. The second-order valence-corrected chi connectivity index (χ2v) is 6.98. The molecule has 0 bridgehead atoms. The summed E-state index contributed by atoms with van der Waals surface area (Å²) in [5.74, 6) is 0. The van der Waals surface area contributed by atoms with Crippen molar-refractivity contribution in [1.82, 2.24) is 14.7 Å². The zero-order chi connectivity index (χ0) is 18.0. The third-order valence-corrected chi connectivity index (χ3v) is 4.84. The summed E-state index contributed by atoms with van der Waals surface area (Å²) in [6.45, 7) is 4.44. The molecule has 2 unspecified atom stereocenters. The lowest BCUT2D eigenvalue weighted by Crippen LogP contribution is -2.47. The van der Waals surface area contributed by atoms with Crippen LogP contribution in [0.3, 0.4) is 0 Å². The molecule has 6 nitrogen and oxygen atoms in total. The van der Waals surface area contributed by atoms with Crippen molar-refractivity contribution < 1.29 is 4.74 Å². The summed E-state index contributed by atoms with van der Waals surface area (Å²) in [5, 5.41) is 8.15. The minimum absolute atomic E-state index is 0.00664. The molecule has 3 rings (SSSR count). The molecule has 1 aromatic heterocycles. The fraction of sp³-hybridized carbons (Fsp3) is 0.412. The molecule has 0 spiro atoms. The second-order valence-electron chi connectivity index (χ2n) is 6.17. The maximum atomic E-state index is 12.5. The Kier molecular flexibility index (Phi) is 5.64. The summed E-state index contributed by atoms with van der Waals surface area (Å²) in [4.78, 5) is 14.8. The number of hydrogen-bond donors (Lipinski definition) is 1. The number of nitrogens with zero attached hydrogens (tertiary/aromatic N) is 3. The molecule has 1 N–H and O–H groups in total. The number of aromatic nitrogens is 2. The Morgan fingerprint density at radius 1 is 1.32 bits per heavy atom. The molecular weight excluding hydrogens is 363 g/mol. The van der Waals surface area contributed by atoms with E-state index in [-0.39, 0.29) is 22.7 Å². The van der Waals surface area contributed by atoms with Gasteiger partial charge >= 0.3 is 0 Å². The molecule has 1 aliphatic heterocycles. The van der Waals surface area contributed by atoms with E-state index in [1.165, 1.54) is 4.68 Å². The first-order chi connectivity index (χ1) is 12.0. The standard InChI is InChI=1S/C17H20Cl2N4O2/c1-11(15-10-22(2)7-8-25-15)21-14-9-20-23(17(24)16(14)19)13-5-3-12(18)4-6-13/h3-6,9,11,15,21H,7-8,10H2,1-2H3. The van der Waals surface area contributed by atoms with E-state index in [1.807, 2.05) is 6.92 Å². The second kappa shape index (κ2) is 7.74. The van der Waals surface area contributed by atoms with Crippen LogP contribution in [-0.2, 0) is 4.74 Å². The number of morpholine rings is 1. The maximum absolute atomic E-state index is 12.5. The third kappa shape index (κ3) is 4.15. The Labute approximate surface area is 156 Å². The number of likely N-dealkylation sites (N-methyl/N-ethyl adjacent to an activating group) is 1. The van der Waals surface area contributed by atoms with Crippen LogP contribution >= 0.6 is 23.2 Å². The predicted octanol–water partition coefficient (Wildman–Crippen LogP) is 2.67. The van der Waals surface area contributed by atoms with Gasteiger partial charge in [-0.2, -0.15) is 9.78 Å². The van der Waals surface area contributed by atoms with Gasteiger partial charge in [0.1, 0.15) is 5.02 Å². The van der Waals surface area contributed by atoms with Crippen molar-refractivity contribution in [3.8, 4) is 5.69 Å². The quantitative estimate of drug-likeness (QED) is 0.880. The van der Waals surface area contributed by atoms with Crippen LogP contribution in [0, 0.1) is 0 Å². The van der Waals surface area contributed by atoms with E-state index < -0.39 is 0 Å². The summed E-state index contributed by atoms with van der Waals surface area (Å²) in [5.41, 5.74) is 0.720. The highest BCUT2D eigenvalue weighted by atomic mass is 35.5. The van der Waals surface area contributed by atoms with Crippen LogP contribution in [0.1, 0.15) is 6.92 Å². The van der Waals surface area contributed by atoms with E-state index in [9.17, 15) is 4.79 Å². The predicted molar refractivity (Wildman–Crippen MR) is 100 cm³/mol. The fourth-order valence-electron chi connectivity index (χ4n) is 2.75. The van der Waals surface area contributed by atoms with E-state index in [0.717, 1.165) is 13.1 Å². The average Bonchev–Trinajstić information content (AvgIpc) is 2.60. The van der Waals surface area contributed by atoms with Gasteiger partial charge in [-0.15, -0.1) is 0 Å². The average molecular weight is 383 g/mol. The summed E-state index contributed by atoms with van der Waals surface area (Å²) in [6.07, 6.45) is 1.58. The molecule has 1 saturated heterocycles. The van der Waals surface area contributed by atoms with Crippen molar-refractivity contribution in [2.45, 2.75) is 19.1 Å². The molecule has 2 heterocycles. The molecule has 8 heteroatoms. The first-order valence-electron chi connectivity index (χ1n) is 8.06. The summed E-state index contributed by atoms with van der Waals surface area (Å²) >= 11 is 12.2.